The van der Waals surface area contributed by atoms with E-state index >= 15 is 0 Å². The number of hydrogen-bond acceptors (Lipinski definition) is 4. The number of carbonyl (C=O) groups excluding carboxylic acids is 2. The maximum atomic E-state index is 13.4. The van der Waals surface area contributed by atoms with Gasteiger partial charge in [-0.3, -0.25) is 4.79 Å². The summed E-state index contributed by atoms with van der Waals surface area (Å²) in [7, 11) is 0. The topological polar surface area (TPSA) is 87.3 Å². The third kappa shape index (κ3) is 5.76. The Labute approximate surface area is 191 Å². The summed E-state index contributed by atoms with van der Waals surface area (Å²) in [5, 5.41) is 2.74. The van der Waals surface area contributed by atoms with E-state index in [1.165, 1.54) is 0 Å². The number of imidazole rings is 1. The van der Waals surface area contributed by atoms with Gasteiger partial charge in [-0.15, -0.1) is 0 Å². The number of aromatic nitrogens is 2. The third-order valence-corrected chi connectivity index (χ3v) is 5.40. The molecule has 7 nitrogen and oxygen atoms in total. The molecule has 1 unspecified atom stereocenters. The number of alkyl carbamates (subject to hydrolysis) is 1. The molecule has 1 aromatic heterocycles. The minimum Gasteiger partial charge on any atom is -0.444 e. The van der Waals surface area contributed by atoms with Crippen molar-refractivity contribution in [2.45, 2.75) is 52.3 Å². The van der Waals surface area contributed by atoms with Gasteiger partial charge in [-0.05, 0) is 44.4 Å². The van der Waals surface area contributed by atoms with Gasteiger partial charge in [-0.2, -0.15) is 0 Å². The zero-order valence-electron chi connectivity index (χ0n) is 18.5. The normalized spacial score (nSPS) is 17.1. The highest BCUT2D eigenvalue weighted by atomic mass is 79.9. The molecule has 2 amide bonds. The second kappa shape index (κ2) is 9.26. The Morgan fingerprint density at radius 3 is 2.55 bits per heavy atom. The number of halogens is 1. The number of amides is 2. The van der Waals surface area contributed by atoms with Gasteiger partial charge in [-0.25, -0.2) is 9.78 Å². The Bertz CT molecular complexity index is 960. The lowest BCUT2D eigenvalue weighted by Gasteiger charge is -2.31. The lowest BCUT2D eigenvalue weighted by molar-refractivity contribution is -0.135. The van der Waals surface area contributed by atoms with Crippen LogP contribution in [0.5, 0.6) is 0 Å². The highest BCUT2D eigenvalue weighted by Gasteiger charge is 2.35. The van der Waals surface area contributed by atoms with Gasteiger partial charge < -0.3 is 19.9 Å². The van der Waals surface area contributed by atoms with Crippen molar-refractivity contribution in [3.8, 4) is 11.3 Å². The van der Waals surface area contributed by atoms with Crippen LogP contribution in [0.1, 0.15) is 46.5 Å². The van der Waals surface area contributed by atoms with Crippen LogP contribution in [0.4, 0.5) is 4.79 Å². The van der Waals surface area contributed by atoms with Crippen LogP contribution in [0.2, 0.25) is 0 Å². The molecule has 166 valence electrons. The first kappa shape index (κ1) is 23.1. The van der Waals surface area contributed by atoms with Crippen LogP contribution in [0, 0.1) is 5.92 Å². The lowest BCUT2D eigenvalue weighted by Crippen LogP contribution is -2.52. The first-order valence-corrected chi connectivity index (χ1v) is 11.1. The van der Waals surface area contributed by atoms with Gasteiger partial charge in [0.1, 0.15) is 23.5 Å². The quantitative estimate of drug-likeness (QED) is 0.590. The summed E-state index contributed by atoms with van der Waals surface area (Å²) in [6.45, 7) is 9.63. The Morgan fingerprint density at radius 1 is 1.26 bits per heavy atom. The first-order valence-electron chi connectivity index (χ1n) is 10.3. The second-order valence-corrected chi connectivity index (χ2v) is 9.84. The van der Waals surface area contributed by atoms with Crippen molar-refractivity contribution < 1.29 is 14.3 Å². The number of benzene rings is 1. The number of hydrogen-bond donors (Lipinski definition) is 2. The van der Waals surface area contributed by atoms with Crippen LogP contribution < -0.4 is 5.32 Å². The summed E-state index contributed by atoms with van der Waals surface area (Å²) in [5.74, 6) is 0.411. The number of ether oxygens (including phenoxy) is 1. The molecule has 8 heteroatoms. The van der Waals surface area contributed by atoms with Crippen molar-refractivity contribution in [1.82, 2.24) is 20.2 Å². The molecule has 0 saturated carbocycles. The van der Waals surface area contributed by atoms with Crippen molar-refractivity contribution in [3.05, 3.63) is 52.9 Å². The molecule has 2 N–H and O–H groups in total. The molecule has 2 atom stereocenters. The third-order valence-electron chi connectivity index (χ3n) is 4.88. The van der Waals surface area contributed by atoms with Gasteiger partial charge >= 0.3 is 6.09 Å². The van der Waals surface area contributed by atoms with Crippen LogP contribution in [0.25, 0.3) is 11.3 Å². The van der Waals surface area contributed by atoms with E-state index in [9.17, 15) is 9.59 Å². The van der Waals surface area contributed by atoms with Gasteiger partial charge in [0.2, 0.25) is 5.91 Å². The van der Waals surface area contributed by atoms with E-state index in [4.69, 9.17) is 4.74 Å². The van der Waals surface area contributed by atoms with Crippen LogP contribution in [-0.4, -0.2) is 45.1 Å². The smallest absolute Gasteiger partial charge is 0.408 e. The van der Waals surface area contributed by atoms with Crippen molar-refractivity contribution in [1.29, 1.82) is 0 Å². The van der Waals surface area contributed by atoms with E-state index in [1.807, 2.05) is 50.3 Å². The fraction of sp³-hybridized carbons (Fsp3) is 0.435. The molecular formula is C23H29BrN4O3. The molecule has 0 aliphatic carbocycles. The van der Waals surface area contributed by atoms with Crippen molar-refractivity contribution in [3.63, 3.8) is 0 Å². The van der Waals surface area contributed by atoms with E-state index in [-0.39, 0.29) is 17.9 Å². The predicted molar refractivity (Wildman–Crippen MR) is 123 cm³/mol. The van der Waals surface area contributed by atoms with Gasteiger partial charge in [0, 0.05) is 11.0 Å². The Kier molecular flexibility index (Phi) is 6.89. The maximum Gasteiger partial charge on any atom is 0.408 e. The number of carbonyl (C=O) groups is 2. The van der Waals surface area contributed by atoms with E-state index in [0.29, 0.717) is 12.4 Å². The highest BCUT2D eigenvalue weighted by Crippen LogP contribution is 2.29. The molecular weight excluding hydrogens is 460 g/mol. The summed E-state index contributed by atoms with van der Waals surface area (Å²) in [4.78, 5) is 35.2. The molecule has 2 heterocycles. The minimum absolute atomic E-state index is 0.101. The predicted octanol–water partition coefficient (Wildman–Crippen LogP) is 4.83. The monoisotopic (exact) mass is 488 g/mol. The highest BCUT2D eigenvalue weighted by molar-refractivity contribution is 9.10. The van der Waals surface area contributed by atoms with Gasteiger partial charge in [0.15, 0.2) is 0 Å². The second-order valence-electron chi connectivity index (χ2n) is 8.92. The first-order chi connectivity index (χ1) is 14.5. The summed E-state index contributed by atoms with van der Waals surface area (Å²) >= 11 is 3.44. The van der Waals surface area contributed by atoms with E-state index in [2.05, 4.69) is 31.2 Å². The molecule has 0 spiro atoms. The van der Waals surface area contributed by atoms with Crippen molar-refractivity contribution >= 4 is 27.9 Å². The molecule has 0 saturated heterocycles. The average Bonchev–Trinajstić information content (AvgIpc) is 3.33. The lowest BCUT2D eigenvalue weighted by atomic mass is 10.0. The Balaban J connectivity index is 1.76. The number of nitrogens with zero attached hydrogens (tertiary/aromatic N) is 2. The molecule has 3 rings (SSSR count). The van der Waals surface area contributed by atoms with E-state index in [0.717, 1.165) is 15.7 Å². The summed E-state index contributed by atoms with van der Waals surface area (Å²) in [6.07, 6.45) is 5.06. The average molecular weight is 489 g/mol. The number of rotatable bonds is 5. The Morgan fingerprint density at radius 2 is 1.94 bits per heavy atom. The number of aromatic amines is 1. The van der Waals surface area contributed by atoms with Crippen LogP contribution in [0.15, 0.2) is 47.1 Å². The molecule has 31 heavy (non-hydrogen) atoms. The fourth-order valence-corrected chi connectivity index (χ4v) is 3.64. The number of H-pyrrole nitrogens is 1. The fourth-order valence-electron chi connectivity index (χ4n) is 3.38. The Hall–Kier alpha value is -2.61. The van der Waals surface area contributed by atoms with Gasteiger partial charge in [-0.1, -0.05) is 54.1 Å². The zero-order valence-corrected chi connectivity index (χ0v) is 20.1. The molecule has 0 fully saturated rings. The van der Waals surface area contributed by atoms with E-state index < -0.39 is 17.7 Å². The SMILES string of the molecule is CC(C)C(NC(=O)OC(C)(C)C)C(=O)N1CC=C[C@H]1c1ncc(-c2ccc(Br)cc2)[nH]1. The number of nitrogens with one attached hydrogen (secondary N) is 2. The minimum atomic E-state index is -0.696. The van der Waals surface area contributed by atoms with Crippen molar-refractivity contribution in [2.24, 2.45) is 5.92 Å². The zero-order chi connectivity index (χ0) is 22.8. The molecule has 0 radical (unpaired) electrons. The summed E-state index contributed by atoms with van der Waals surface area (Å²) in [6, 6.07) is 6.91. The standard InChI is InChI=1S/C23H29BrN4O3/c1-14(2)19(27-22(30)31-23(3,4)5)21(29)28-12-6-7-18(28)20-25-13-17(26-20)15-8-10-16(24)11-9-15/h6-11,13-14,18-19H,12H2,1-5H3,(H,25,26)(H,27,30)/t18-,19?/m0/s1. The molecule has 0 bridgehead atoms. The van der Waals surface area contributed by atoms with Crippen LogP contribution >= 0.6 is 15.9 Å². The summed E-state index contributed by atoms with van der Waals surface area (Å²) < 4.78 is 6.35. The van der Waals surface area contributed by atoms with Gasteiger partial charge in [0.25, 0.3) is 0 Å². The van der Waals surface area contributed by atoms with E-state index in [1.54, 1.807) is 31.9 Å². The van der Waals surface area contributed by atoms with Crippen molar-refractivity contribution in [2.75, 3.05) is 6.54 Å². The molecule has 1 aliphatic rings. The van der Waals surface area contributed by atoms with Crippen LogP contribution in [-0.2, 0) is 9.53 Å². The maximum absolute atomic E-state index is 13.4. The molecule has 1 aliphatic heterocycles. The largest absolute Gasteiger partial charge is 0.444 e. The summed E-state index contributed by atoms with van der Waals surface area (Å²) in [5.41, 5.74) is 1.25. The molecule has 1 aromatic carbocycles. The molecule has 2 aromatic rings. The van der Waals surface area contributed by atoms with Gasteiger partial charge in [0.05, 0.1) is 11.9 Å². The van der Waals surface area contributed by atoms with Crippen LogP contribution in [0.3, 0.4) is 0 Å².